The van der Waals surface area contributed by atoms with Gasteiger partial charge in [-0.05, 0) is 29.3 Å². The van der Waals surface area contributed by atoms with E-state index in [2.05, 4.69) is 15.0 Å². The summed E-state index contributed by atoms with van der Waals surface area (Å²) in [5.41, 5.74) is 8.40. The van der Waals surface area contributed by atoms with Crippen LogP contribution in [0.1, 0.15) is 48.2 Å². The lowest BCUT2D eigenvalue weighted by atomic mass is 9.96. The maximum absolute atomic E-state index is 13.5. The number of pyridine rings is 1. The van der Waals surface area contributed by atoms with Crippen molar-refractivity contribution >= 4 is 28.8 Å². The van der Waals surface area contributed by atoms with Gasteiger partial charge in [0.15, 0.2) is 12.1 Å². The molecule has 3 aromatic carbocycles. The summed E-state index contributed by atoms with van der Waals surface area (Å²) in [6.07, 6.45) is 3.70. The number of carbonyl (C=O) groups excluding carboxylic acids is 3. The van der Waals surface area contributed by atoms with Gasteiger partial charge in [0.2, 0.25) is 0 Å². The molecule has 0 saturated carbocycles. The Morgan fingerprint density at radius 1 is 0.925 bits per heavy atom. The summed E-state index contributed by atoms with van der Waals surface area (Å²) in [7, 11) is 0. The molecule has 0 aliphatic heterocycles. The van der Waals surface area contributed by atoms with Gasteiger partial charge in [-0.15, -0.1) is 0 Å². The highest BCUT2D eigenvalue weighted by molar-refractivity contribution is 6.16. The van der Waals surface area contributed by atoms with E-state index in [1.807, 2.05) is 60.7 Å². The van der Waals surface area contributed by atoms with Gasteiger partial charge in [-0.25, -0.2) is 14.8 Å². The number of rotatable bonds is 11. The van der Waals surface area contributed by atoms with E-state index >= 15 is 0 Å². The molecule has 0 aliphatic rings. The zero-order valence-corrected chi connectivity index (χ0v) is 21.4. The van der Waals surface area contributed by atoms with Crippen molar-refractivity contribution in [2.45, 2.75) is 25.7 Å². The van der Waals surface area contributed by atoms with Gasteiger partial charge in [0.25, 0.3) is 0 Å². The first-order valence-electron chi connectivity index (χ1n) is 12.6. The second-order valence-corrected chi connectivity index (χ2v) is 9.13. The number of nitrogens with one attached hydrogen (secondary N) is 1. The number of fused-ring (bicyclic) bond motifs is 1. The maximum Gasteiger partial charge on any atom is 0.341 e. The number of Topliss-reactive ketones (excluding diaryl/α,β-unsaturated/α-hetero) is 1. The molecule has 9 heteroatoms. The predicted octanol–water partition coefficient (Wildman–Crippen LogP) is 4.46. The average molecular weight is 535 g/mol. The molecule has 0 bridgehead atoms. The molecule has 0 radical (unpaired) electrons. The molecular formula is C31H26N4O5. The van der Waals surface area contributed by atoms with Crippen LogP contribution in [0.25, 0.3) is 10.8 Å². The van der Waals surface area contributed by atoms with Crippen LogP contribution in [-0.4, -0.2) is 39.0 Å². The highest BCUT2D eigenvalue weighted by Gasteiger charge is 2.27. The molecule has 1 atom stereocenters. The van der Waals surface area contributed by atoms with E-state index in [-0.39, 0.29) is 30.0 Å². The van der Waals surface area contributed by atoms with Gasteiger partial charge >= 0.3 is 5.97 Å². The molecule has 5 rings (SSSR count). The normalized spacial score (nSPS) is 11.6. The molecule has 3 N–H and O–H groups in total. The van der Waals surface area contributed by atoms with Crippen LogP contribution >= 0.6 is 0 Å². The largest absolute Gasteiger partial charge is 0.489 e. The number of nitrogens with zero attached hydrogens (tertiary/aromatic N) is 2. The van der Waals surface area contributed by atoms with Gasteiger partial charge in [-0.2, -0.15) is 0 Å². The Hall–Kier alpha value is -5.15. The first-order valence-corrected chi connectivity index (χ1v) is 12.6. The predicted molar refractivity (Wildman–Crippen MR) is 148 cm³/mol. The number of hydrogen-bond donors (Lipinski definition) is 2. The van der Waals surface area contributed by atoms with Crippen LogP contribution in [0.3, 0.4) is 0 Å². The second kappa shape index (κ2) is 12.1. The standard InChI is InChI=1S/C31H26N4O5/c32-26(13-22-15-33-19-34-22)30(37)29-25-14-23(39-17-20-7-3-1-4-8-20)11-12-24(25)28(27(16-36)35-29)31(38)40-18-21-9-5-2-6-10-21/h1-12,14-16,19,26H,13,17-18,32H2,(H,33,34)/t26-/m0/s1. The molecule has 0 saturated heterocycles. The van der Waals surface area contributed by atoms with E-state index in [4.69, 9.17) is 15.2 Å². The lowest BCUT2D eigenvalue weighted by Gasteiger charge is -2.16. The summed E-state index contributed by atoms with van der Waals surface area (Å²) in [5, 5.41) is 0.659. The second-order valence-electron chi connectivity index (χ2n) is 9.13. The molecule has 0 fully saturated rings. The van der Waals surface area contributed by atoms with Crippen molar-refractivity contribution in [1.82, 2.24) is 15.0 Å². The first kappa shape index (κ1) is 26.5. The Balaban J connectivity index is 1.54. The molecule has 0 spiro atoms. The van der Waals surface area contributed by atoms with E-state index in [1.165, 1.54) is 6.33 Å². The number of aromatic amines is 1. The first-order chi connectivity index (χ1) is 19.5. The van der Waals surface area contributed by atoms with Crippen LogP contribution in [0.15, 0.2) is 91.4 Å². The Kier molecular flexibility index (Phi) is 8.03. The van der Waals surface area contributed by atoms with Crippen molar-refractivity contribution in [3.8, 4) is 5.75 Å². The lowest BCUT2D eigenvalue weighted by Crippen LogP contribution is -2.34. The Morgan fingerprint density at radius 2 is 1.62 bits per heavy atom. The quantitative estimate of drug-likeness (QED) is 0.144. The molecule has 2 aromatic heterocycles. The van der Waals surface area contributed by atoms with E-state index in [0.717, 1.165) is 11.1 Å². The summed E-state index contributed by atoms with van der Waals surface area (Å²) >= 11 is 0. The van der Waals surface area contributed by atoms with Gasteiger partial charge < -0.3 is 20.2 Å². The van der Waals surface area contributed by atoms with Gasteiger partial charge in [-0.1, -0.05) is 60.7 Å². The zero-order valence-electron chi connectivity index (χ0n) is 21.4. The summed E-state index contributed by atoms with van der Waals surface area (Å²) in [6, 6.07) is 22.7. The summed E-state index contributed by atoms with van der Waals surface area (Å²) in [5.74, 6) is -0.772. The van der Waals surface area contributed by atoms with Gasteiger partial charge in [0, 0.05) is 29.1 Å². The smallest absolute Gasteiger partial charge is 0.341 e. The molecule has 5 aromatic rings. The lowest BCUT2D eigenvalue weighted by molar-refractivity contribution is 0.0472. The molecular weight excluding hydrogens is 508 g/mol. The summed E-state index contributed by atoms with van der Waals surface area (Å²) in [4.78, 5) is 50.1. The molecule has 0 unspecified atom stereocenters. The van der Waals surface area contributed by atoms with Crippen LogP contribution in [-0.2, 0) is 24.4 Å². The number of benzene rings is 3. The highest BCUT2D eigenvalue weighted by atomic mass is 16.5. The fourth-order valence-corrected chi connectivity index (χ4v) is 4.33. The number of esters is 1. The minimum absolute atomic E-state index is 0.00741. The zero-order chi connectivity index (χ0) is 27.9. The van der Waals surface area contributed by atoms with Crippen molar-refractivity contribution < 1.29 is 23.9 Å². The van der Waals surface area contributed by atoms with Gasteiger partial charge in [0.05, 0.1) is 17.9 Å². The van der Waals surface area contributed by atoms with Crippen LogP contribution in [0.2, 0.25) is 0 Å². The van der Waals surface area contributed by atoms with Crippen molar-refractivity contribution in [3.05, 3.63) is 125 Å². The third kappa shape index (κ3) is 5.95. The van der Waals surface area contributed by atoms with Crippen molar-refractivity contribution in [2.24, 2.45) is 5.73 Å². The number of aromatic nitrogens is 3. The number of ether oxygens (including phenoxy) is 2. The minimum atomic E-state index is -0.972. The highest BCUT2D eigenvalue weighted by Crippen LogP contribution is 2.30. The monoisotopic (exact) mass is 534 g/mol. The number of H-pyrrole nitrogens is 1. The molecule has 0 amide bonds. The number of ketones is 1. The van der Waals surface area contributed by atoms with Crippen LogP contribution in [0, 0.1) is 0 Å². The Morgan fingerprint density at radius 3 is 2.27 bits per heavy atom. The maximum atomic E-state index is 13.5. The third-order valence-corrected chi connectivity index (χ3v) is 6.35. The number of aldehydes is 1. The topological polar surface area (TPSA) is 137 Å². The fraction of sp³-hybridized carbons (Fsp3) is 0.129. The van der Waals surface area contributed by atoms with Crippen molar-refractivity contribution in [1.29, 1.82) is 0 Å². The van der Waals surface area contributed by atoms with E-state index in [1.54, 1.807) is 24.4 Å². The molecule has 9 nitrogen and oxygen atoms in total. The Bertz CT molecular complexity index is 1640. The summed E-state index contributed by atoms with van der Waals surface area (Å²) < 4.78 is 11.5. The molecule has 200 valence electrons. The fourth-order valence-electron chi connectivity index (χ4n) is 4.33. The van der Waals surface area contributed by atoms with Crippen molar-refractivity contribution in [3.63, 3.8) is 0 Å². The van der Waals surface area contributed by atoms with Crippen molar-refractivity contribution in [2.75, 3.05) is 0 Å². The average Bonchev–Trinajstić information content (AvgIpc) is 3.51. The third-order valence-electron chi connectivity index (χ3n) is 6.35. The van der Waals surface area contributed by atoms with E-state index in [9.17, 15) is 14.4 Å². The van der Waals surface area contributed by atoms with Crippen LogP contribution < -0.4 is 10.5 Å². The number of nitrogens with two attached hydrogens (primary N) is 1. The van der Waals surface area contributed by atoms with E-state index in [0.29, 0.717) is 35.1 Å². The van der Waals surface area contributed by atoms with E-state index < -0.39 is 17.8 Å². The Labute approximate surface area is 230 Å². The molecule has 2 heterocycles. The summed E-state index contributed by atoms with van der Waals surface area (Å²) in [6.45, 7) is 0.300. The number of carbonyl (C=O) groups is 3. The SMILES string of the molecule is N[C@@H](Cc1cnc[nH]1)C(=O)c1nc(C=O)c(C(=O)OCc2ccccc2)c2ccc(OCc3ccccc3)cc12. The molecule has 40 heavy (non-hydrogen) atoms. The molecule has 0 aliphatic carbocycles. The number of imidazole rings is 1. The van der Waals surface area contributed by atoms with Gasteiger partial charge in [-0.3, -0.25) is 9.59 Å². The van der Waals surface area contributed by atoms with Crippen LogP contribution in [0.4, 0.5) is 0 Å². The van der Waals surface area contributed by atoms with Gasteiger partial charge in [0.1, 0.15) is 30.4 Å². The number of hydrogen-bond acceptors (Lipinski definition) is 8. The minimum Gasteiger partial charge on any atom is -0.489 e. The van der Waals surface area contributed by atoms with Crippen LogP contribution in [0.5, 0.6) is 5.75 Å².